The summed E-state index contributed by atoms with van der Waals surface area (Å²) in [5, 5.41) is 6.03. The number of nitrogens with zero attached hydrogens (tertiary/aromatic N) is 4. The smallest absolute Gasteiger partial charge is 0.323 e. The van der Waals surface area contributed by atoms with E-state index in [-0.39, 0.29) is 6.10 Å². The van der Waals surface area contributed by atoms with Gasteiger partial charge >= 0.3 is 6.01 Å². The molecule has 0 spiro atoms. The average Bonchev–Trinajstić information content (AvgIpc) is 2.45. The van der Waals surface area contributed by atoms with Crippen LogP contribution in [0.2, 0.25) is 0 Å². The van der Waals surface area contributed by atoms with Gasteiger partial charge in [-0.25, -0.2) is 0 Å². The fourth-order valence-electron chi connectivity index (χ4n) is 1.49. The van der Waals surface area contributed by atoms with E-state index in [0.717, 1.165) is 5.56 Å². The van der Waals surface area contributed by atoms with Crippen molar-refractivity contribution >= 4 is 11.9 Å². The molecular weight excluding hydrogens is 256 g/mol. The predicted octanol–water partition coefficient (Wildman–Crippen LogP) is 1.71. The number of hydrogen-bond donors (Lipinski definition) is 2. The molecule has 0 aliphatic heterocycles. The normalized spacial score (nSPS) is 10.4. The zero-order chi connectivity index (χ0) is 14.4. The lowest BCUT2D eigenvalue weighted by Crippen LogP contribution is -2.13. The summed E-state index contributed by atoms with van der Waals surface area (Å²) in [6, 6.07) is 4.16. The highest BCUT2D eigenvalue weighted by Gasteiger charge is 2.08. The van der Waals surface area contributed by atoms with E-state index >= 15 is 0 Å². The van der Waals surface area contributed by atoms with Gasteiger partial charge in [0.2, 0.25) is 11.9 Å². The Morgan fingerprint density at radius 2 is 1.80 bits per heavy atom. The summed E-state index contributed by atoms with van der Waals surface area (Å²) in [5.74, 6) is 0.935. The second kappa shape index (κ2) is 6.65. The molecule has 106 valence electrons. The van der Waals surface area contributed by atoms with Crippen LogP contribution in [0, 0.1) is 0 Å². The van der Waals surface area contributed by atoms with Gasteiger partial charge in [-0.2, -0.15) is 15.0 Å². The largest absolute Gasteiger partial charge is 0.461 e. The molecule has 2 aromatic heterocycles. The molecule has 0 saturated carbocycles. The third-order valence-corrected chi connectivity index (χ3v) is 2.38. The molecule has 0 aliphatic carbocycles. The Kier molecular flexibility index (Phi) is 4.65. The molecule has 0 amide bonds. The molecule has 2 N–H and O–H groups in total. The van der Waals surface area contributed by atoms with E-state index < -0.39 is 0 Å². The molecule has 7 heteroatoms. The maximum Gasteiger partial charge on any atom is 0.323 e. The van der Waals surface area contributed by atoms with E-state index in [4.69, 9.17) is 4.74 Å². The number of pyridine rings is 1. The maximum absolute atomic E-state index is 5.50. The molecule has 2 heterocycles. The van der Waals surface area contributed by atoms with Gasteiger partial charge in [-0.3, -0.25) is 4.98 Å². The van der Waals surface area contributed by atoms with E-state index in [9.17, 15) is 0 Å². The van der Waals surface area contributed by atoms with E-state index in [1.54, 1.807) is 19.4 Å². The van der Waals surface area contributed by atoms with Gasteiger partial charge in [0.1, 0.15) is 0 Å². The van der Waals surface area contributed by atoms with Crippen molar-refractivity contribution in [3.05, 3.63) is 30.1 Å². The van der Waals surface area contributed by atoms with Crippen molar-refractivity contribution in [2.24, 2.45) is 0 Å². The molecule has 7 nitrogen and oxygen atoms in total. The number of hydrogen-bond acceptors (Lipinski definition) is 7. The minimum atomic E-state index is 0.00940. The van der Waals surface area contributed by atoms with Gasteiger partial charge in [0.15, 0.2) is 0 Å². The topological polar surface area (TPSA) is 84.9 Å². The van der Waals surface area contributed by atoms with Crippen molar-refractivity contribution in [1.82, 2.24) is 19.9 Å². The van der Waals surface area contributed by atoms with Crippen molar-refractivity contribution in [3.8, 4) is 6.01 Å². The molecule has 0 fully saturated rings. The van der Waals surface area contributed by atoms with E-state index in [1.165, 1.54) is 0 Å². The van der Waals surface area contributed by atoms with Crippen LogP contribution in [0.5, 0.6) is 6.01 Å². The summed E-state index contributed by atoms with van der Waals surface area (Å²) >= 11 is 0. The minimum absolute atomic E-state index is 0.00940. The van der Waals surface area contributed by atoms with Gasteiger partial charge in [0.25, 0.3) is 0 Å². The molecule has 0 bridgehead atoms. The first kappa shape index (κ1) is 14.0. The summed E-state index contributed by atoms with van der Waals surface area (Å²) in [4.78, 5) is 16.6. The van der Waals surface area contributed by atoms with E-state index in [2.05, 4.69) is 30.6 Å². The number of nitrogens with one attached hydrogen (secondary N) is 2. The summed E-state index contributed by atoms with van der Waals surface area (Å²) < 4.78 is 5.50. The molecular formula is C13H18N6O. The molecule has 0 saturated heterocycles. The molecule has 0 unspecified atom stereocenters. The predicted molar refractivity (Wildman–Crippen MR) is 76.7 cm³/mol. The highest BCUT2D eigenvalue weighted by atomic mass is 16.5. The summed E-state index contributed by atoms with van der Waals surface area (Å²) in [7, 11) is 1.75. The van der Waals surface area contributed by atoms with Gasteiger partial charge in [-0.15, -0.1) is 0 Å². The Hall–Kier alpha value is -2.44. The standard InChI is InChI=1S/C13H18N6O/c1-9(2)20-13-18-11(14-3)17-12(19-13)16-8-10-4-6-15-7-5-10/h4-7,9H,8H2,1-3H3,(H2,14,16,17,18,19). The van der Waals surface area contributed by atoms with Crippen molar-refractivity contribution in [2.45, 2.75) is 26.5 Å². The second-order valence-corrected chi connectivity index (χ2v) is 4.39. The molecule has 2 aromatic rings. The lowest BCUT2D eigenvalue weighted by Gasteiger charge is -2.11. The Morgan fingerprint density at radius 1 is 1.10 bits per heavy atom. The van der Waals surface area contributed by atoms with Crippen LogP contribution >= 0.6 is 0 Å². The van der Waals surface area contributed by atoms with Gasteiger partial charge in [0.05, 0.1) is 6.10 Å². The number of rotatable bonds is 6. The number of ether oxygens (including phenoxy) is 1. The number of anilines is 2. The second-order valence-electron chi connectivity index (χ2n) is 4.39. The van der Waals surface area contributed by atoms with Crippen molar-refractivity contribution in [2.75, 3.05) is 17.7 Å². The van der Waals surface area contributed by atoms with Crippen LogP contribution in [0.3, 0.4) is 0 Å². The molecule has 2 rings (SSSR count). The van der Waals surface area contributed by atoms with Crippen molar-refractivity contribution < 1.29 is 4.74 Å². The van der Waals surface area contributed by atoms with Crippen LogP contribution in [0.15, 0.2) is 24.5 Å². The van der Waals surface area contributed by atoms with Crippen LogP contribution in [-0.2, 0) is 6.54 Å². The average molecular weight is 274 g/mol. The molecule has 20 heavy (non-hydrogen) atoms. The van der Waals surface area contributed by atoms with Gasteiger partial charge in [-0.05, 0) is 31.5 Å². The zero-order valence-electron chi connectivity index (χ0n) is 11.8. The fraction of sp³-hybridized carbons (Fsp3) is 0.385. The summed E-state index contributed by atoms with van der Waals surface area (Å²) in [6.07, 6.45) is 3.50. The quantitative estimate of drug-likeness (QED) is 0.829. The summed E-state index contributed by atoms with van der Waals surface area (Å²) in [5.41, 5.74) is 1.10. The van der Waals surface area contributed by atoms with Crippen molar-refractivity contribution in [3.63, 3.8) is 0 Å². The first-order chi connectivity index (χ1) is 9.67. The molecule has 0 aliphatic rings. The monoisotopic (exact) mass is 274 g/mol. The van der Waals surface area contributed by atoms with Gasteiger partial charge < -0.3 is 15.4 Å². The Labute approximate surface area is 117 Å². The lowest BCUT2D eigenvalue weighted by molar-refractivity contribution is 0.222. The van der Waals surface area contributed by atoms with Crippen LogP contribution in [0.1, 0.15) is 19.4 Å². The third-order valence-electron chi connectivity index (χ3n) is 2.38. The molecule has 0 radical (unpaired) electrons. The molecule has 0 aromatic carbocycles. The first-order valence-electron chi connectivity index (χ1n) is 6.40. The van der Waals surface area contributed by atoms with E-state index in [0.29, 0.717) is 24.5 Å². The number of aromatic nitrogens is 4. The molecule has 0 atom stereocenters. The van der Waals surface area contributed by atoms with Crippen LogP contribution in [-0.4, -0.2) is 33.1 Å². The van der Waals surface area contributed by atoms with E-state index in [1.807, 2.05) is 26.0 Å². The fourth-order valence-corrected chi connectivity index (χ4v) is 1.49. The van der Waals surface area contributed by atoms with Gasteiger partial charge in [-0.1, -0.05) is 0 Å². The first-order valence-corrected chi connectivity index (χ1v) is 6.40. The highest BCUT2D eigenvalue weighted by molar-refractivity contribution is 5.36. The maximum atomic E-state index is 5.50. The highest BCUT2D eigenvalue weighted by Crippen LogP contribution is 2.12. The van der Waals surface area contributed by atoms with Crippen LogP contribution in [0.25, 0.3) is 0 Å². The Bertz CT molecular complexity index is 546. The van der Waals surface area contributed by atoms with Gasteiger partial charge in [0, 0.05) is 26.0 Å². The zero-order valence-corrected chi connectivity index (χ0v) is 11.8. The summed E-state index contributed by atoms with van der Waals surface area (Å²) in [6.45, 7) is 4.45. The third kappa shape index (κ3) is 4.04. The Balaban J connectivity index is 2.10. The minimum Gasteiger partial charge on any atom is -0.461 e. The Morgan fingerprint density at radius 3 is 2.45 bits per heavy atom. The SMILES string of the molecule is CNc1nc(NCc2ccncc2)nc(OC(C)C)n1. The van der Waals surface area contributed by atoms with Crippen LogP contribution in [0.4, 0.5) is 11.9 Å². The van der Waals surface area contributed by atoms with Crippen LogP contribution < -0.4 is 15.4 Å². The van der Waals surface area contributed by atoms with Crippen molar-refractivity contribution in [1.29, 1.82) is 0 Å². The lowest BCUT2D eigenvalue weighted by atomic mass is 10.3.